The molecule has 0 fully saturated rings. The molecular weight excluding hydrogens is 542 g/mol. The van der Waals surface area contributed by atoms with Crippen LogP contribution >= 0.6 is 0 Å². The molecule has 4 aliphatic carbocycles. The lowest BCUT2D eigenvalue weighted by Crippen LogP contribution is -2.18. The molecule has 0 bridgehead atoms. The van der Waals surface area contributed by atoms with Crippen molar-refractivity contribution in [3.8, 4) is 22.3 Å². The standard InChI is InChI=1S/C44H39N/c1-27-30-13-6-7-14-31(30)32-23-21-28(25-36(27)32)45(29-22-24-34-33-15-8-10-17-37(33)44(4,5)40(34)26-29)41-20-12-19-39-42(41)35-16-9-11-18-38(35)43(39,2)3/h6-8,10,12-27H,9,11H2,1-5H3. The highest BCUT2D eigenvalue weighted by Gasteiger charge is 2.42. The molecule has 1 atom stereocenters. The van der Waals surface area contributed by atoms with Crippen LogP contribution in [0.25, 0.3) is 27.8 Å². The number of rotatable bonds is 3. The van der Waals surface area contributed by atoms with Gasteiger partial charge in [0.1, 0.15) is 0 Å². The van der Waals surface area contributed by atoms with Crippen LogP contribution in [0.4, 0.5) is 17.1 Å². The summed E-state index contributed by atoms with van der Waals surface area (Å²) in [5.74, 6) is 0.363. The van der Waals surface area contributed by atoms with Gasteiger partial charge in [-0.25, -0.2) is 0 Å². The average Bonchev–Trinajstić information content (AvgIpc) is 3.58. The first kappa shape index (κ1) is 26.8. The van der Waals surface area contributed by atoms with Crippen molar-refractivity contribution >= 4 is 22.6 Å². The minimum absolute atomic E-state index is 0.0150. The third-order valence-electron chi connectivity index (χ3n) is 11.4. The molecule has 0 aliphatic heterocycles. The van der Waals surface area contributed by atoms with Gasteiger partial charge in [-0.15, -0.1) is 0 Å². The molecule has 1 heteroatoms. The fraction of sp³-hybridized carbons (Fsp3) is 0.227. The van der Waals surface area contributed by atoms with Gasteiger partial charge in [0.25, 0.3) is 0 Å². The normalized spacial score (nSPS) is 19.0. The van der Waals surface area contributed by atoms with Crippen LogP contribution < -0.4 is 4.90 Å². The van der Waals surface area contributed by atoms with E-state index in [0.717, 1.165) is 12.8 Å². The number of nitrogens with zero attached hydrogens (tertiary/aromatic N) is 1. The summed E-state index contributed by atoms with van der Waals surface area (Å²) in [6.45, 7) is 11.9. The Bertz CT molecular complexity index is 2130. The topological polar surface area (TPSA) is 3.24 Å². The Labute approximate surface area is 267 Å². The Morgan fingerprint density at radius 1 is 0.556 bits per heavy atom. The van der Waals surface area contributed by atoms with Crippen molar-refractivity contribution < 1.29 is 0 Å². The molecule has 220 valence electrons. The lowest BCUT2D eigenvalue weighted by molar-refractivity contribution is 0.654. The smallest absolute Gasteiger partial charge is 0.0543 e. The molecule has 0 N–H and O–H groups in total. The van der Waals surface area contributed by atoms with Crippen LogP contribution in [0.1, 0.15) is 86.8 Å². The van der Waals surface area contributed by atoms with Crippen molar-refractivity contribution in [3.63, 3.8) is 0 Å². The van der Waals surface area contributed by atoms with Crippen LogP contribution in [0.5, 0.6) is 0 Å². The molecule has 4 aliphatic rings. The first-order chi connectivity index (χ1) is 21.8. The molecule has 0 aromatic heterocycles. The predicted octanol–water partition coefficient (Wildman–Crippen LogP) is 12.0. The number of hydrogen-bond donors (Lipinski definition) is 0. The summed E-state index contributed by atoms with van der Waals surface area (Å²) in [4.78, 5) is 2.56. The van der Waals surface area contributed by atoms with Crippen LogP contribution in [-0.2, 0) is 10.8 Å². The third-order valence-corrected chi connectivity index (χ3v) is 11.4. The molecule has 0 spiro atoms. The second-order valence-electron chi connectivity index (χ2n) is 14.5. The van der Waals surface area contributed by atoms with Crippen molar-refractivity contribution in [1.82, 2.24) is 0 Å². The van der Waals surface area contributed by atoms with Gasteiger partial charge in [-0.1, -0.05) is 120 Å². The zero-order valence-electron chi connectivity index (χ0n) is 26.9. The van der Waals surface area contributed by atoms with Crippen LogP contribution in [0.2, 0.25) is 0 Å². The van der Waals surface area contributed by atoms with Gasteiger partial charge in [-0.2, -0.15) is 0 Å². The molecule has 1 nitrogen and oxygen atoms in total. The maximum Gasteiger partial charge on any atom is 0.0543 e. The first-order valence-corrected chi connectivity index (χ1v) is 16.6. The highest BCUT2D eigenvalue weighted by atomic mass is 15.1. The molecule has 0 radical (unpaired) electrons. The fourth-order valence-corrected chi connectivity index (χ4v) is 9.02. The highest BCUT2D eigenvalue weighted by Crippen LogP contribution is 2.57. The average molecular weight is 582 g/mol. The minimum Gasteiger partial charge on any atom is -0.310 e. The second kappa shape index (κ2) is 9.21. The van der Waals surface area contributed by atoms with Gasteiger partial charge in [0.2, 0.25) is 0 Å². The van der Waals surface area contributed by atoms with Crippen LogP contribution in [0.15, 0.2) is 121 Å². The second-order valence-corrected chi connectivity index (χ2v) is 14.5. The van der Waals surface area contributed by atoms with Crippen molar-refractivity contribution in [2.24, 2.45) is 0 Å². The van der Waals surface area contributed by atoms with E-state index in [0.29, 0.717) is 5.92 Å². The van der Waals surface area contributed by atoms with Crippen LogP contribution in [0.3, 0.4) is 0 Å². The van der Waals surface area contributed by atoms with Gasteiger partial charge in [0.05, 0.1) is 5.69 Å². The zero-order chi connectivity index (χ0) is 30.7. The quantitative estimate of drug-likeness (QED) is 0.205. The largest absolute Gasteiger partial charge is 0.310 e. The first-order valence-electron chi connectivity index (χ1n) is 16.6. The zero-order valence-corrected chi connectivity index (χ0v) is 26.9. The molecular formula is C44H39N. The molecule has 1 unspecified atom stereocenters. The number of hydrogen-bond acceptors (Lipinski definition) is 1. The summed E-state index contributed by atoms with van der Waals surface area (Å²) in [6.07, 6.45) is 7.21. The molecule has 5 aromatic carbocycles. The molecule has 5 aromatic rings. The molecule has 45 heavy (non-hydrogen) atoms. The van der Waals surface area contributed by atoms with Crippen molar-refractivity contribution in [2.45, 2.75) is 64.2 Å². The van der Waals surface area contributed by atoms with Gasteiger partial charge in [0, 0.05) is 33.7 Å². The monoisotopic (exact) mass is 581 g/mol. The van der Waals surface area contributed by atoms with Crippen molar-refractivity contribution in [3.05, 3.63) is 154 Å². The Morgan fingerprint density at radius 2 is 1.20 bits per heavy atom. The lowest BCUT2D eigenvalue weighted by atomic mass is 9.80. The lowest BCUT2D eigenvalue weighted by Gasteiger charge is -2.31. The maximum atomic E-state index is 2.56. The molecule has 0 heterocycles. The van der Waals surface area contributed by atoms with E-state index in [-0.39, 0.29) is 10.8 Å². The van der Waals surface area contributed by atoms with E-state index in [9.17, 15) is 0 Å². The van der Waals surface area contributed by atoms with Gasteiger partial charge in [-0.3, -0.25) is 0 Å². The summed E-state index contributed by atoms with van der Waals surface area (Å²) in [7, 11) is 0. The number of anilines is 3. The van der Waals surface area contributed by atoms with E-state index in [2.05, 4.69) is 155 Å². The summed E-state index contributed by atoms with van der Waals surface area (Å²) >= 11 is 0. The number of benzene rings is 5. The van der Waals surface area contributed by atoms with Gasteiger partial charge in [-0.05, 0) is 104 Å². The van der Waals surface area contributed by atoms with Gasteiger partial charge in [0.15, 0.2) is 0 Å². The van der Waals surface area contributed by atoms with E-state index in [1.54, 1.807) is 0 Å². The molecule has 9 rings (SSSR count). The third kappa shape index (κ3) is 3.56. The van der Waals surface area contributed by atoms with Crippen LogP contribution in [0, 0.1) is 0 Å². The Balaban J connectivity index is 1.29. The fourth-order valence-electron chi connectivity index (χ4n) is 9.02. The van der Waals surface area contributed by atoms with E-state index in [4.69, 9.17) is 0 Å². The van der Waals surface area contributed by atoms with E-state index in [1.165, 1.54) is 83.8 Å². The number of fused-ring (bicyclic) bond motifs is 9. The summed E-state index contributed by atoms with van der Waals surface area (Å²) < 4.78 is 0. The van der Waals surface area contributed by atoms with E-state index >= 15 is 0 Å². The molecule has 0 amide bonds. The maximum absolute atomic E-state index is 2.56. The Morgan fingerprint density at radius 3 is 2.04 bits per heavy atom. The van der Waals surface area contributed by atoms with Gasteiger partial charge < -0.3 is 4.90 Å². The summed E-state index contributed by atoms with van der Waals surface area (Å²) in [5, 5.41) is 0. The number of allylic oxidation sites excluding steroid dienone is 4. The SMILES string of the molecule is CC1c2ccccc2-c2ccc(N(c3ccc4c(c3)C(C)(C)c3ccccc3-4)c3cccc4c3C3=CCCC=C3C4(C)C)cc21. The summed E-state index contributed by atoms with van der Waals surface area (Å²) in [6, 6.07) is 39.3. The highest BCUT2D eigenvalue weighted by molar-refractivity contribution is 5.99. The van der Waals surface area contributed by atoms with E-state index < -0.39 is 0 Å². The minimum atomic E-state index is -0.0653. The van der Waals surface area contributed by atoms with E-state index in [1.807, 2.05) is 0 Å². The van der Waals surface area contributed by atoms with Crippen LogP contribution in [-0.4, -0.2) is 0 Å². The van der Waals surface area contributed by atoms with Crippen molar-refractivity contribution in [1.29, 1.82) is 0 Å². The molecule has 0 saturated carbocycles. The van der Waals surface area contributed by atoms with Crippen molar-refractivity contribution in [2.75, 3.05) is 4.90 Å². The Hall–Kier alpha value is -4.62. The summed E-state index contributed by atoms with van der Waals surface area (Å²) in [5.41, 5.74) is 20.5. The Kier molecular flexibility index (Phi) is 5.47. The van der Waals surface area contributed by atoms with Gasteiger partial charge >= 0.3 is 0 Å². The molecule has 0 saturated heterocycles. The predicted molar refractivity (Wildman–Crippen MR) is 190 cm³/mol.